The highest BCUT2D eigenvalue weighted by atomic mass is 32.5. The highest BCUT2D eigenvalue weighted by Crippen LogP contribution is 3.02. The second-order valence-electron chi connectivity index (χ2n) is 3.46. The molecule has 4 nitrogen and oxygen atoms in total. The summed E-state index contributed by atoms with van der Waals surface area (Å²) in [6.45, 7) is -0.378. The van der Waals surface area contributed by atoms with Gasteiger partial charge in [0.1, 0.15) is 23.9 Å². The van der Waals surface area contributed by atoms with Gasteiger partial charge < -0.3 is 15.2 Å². The van der Waals surface area contributed by atoms with E-state index < -0.39 is 21.2 Å². The van der Waals surface area contributed by atoms with Gasteiger partial charge in [0, 0.05) is 0 Å². The van der Waals surface area contributed by atoms with E-state index in [1.165, 1.54) is 0 Å². The highest BCUT2D eigenvalue weighted by Gasteiger charge is 2.65. The van der Waals surface area contributed by atoms with Crippen molar-refractivity contribution in [2.24, 2.45) is 5.73 Å². The molecule has 110 valence electrons. The zero-order chi connectivity index (χ0) is 14.8. The lowest BCUT2D eigenvalue weighted by Crippen LogP contribution is -2.17. The number of ether oxygens (including phenoxy) is 2. The number of benzene rings is 1. The molecule has 1 rings (SSSR count). The predicted molar refractivity (Wildman–Crippen MR) is 58.9 cm³/mol. The van der Waals surface area contributed by atoms with Crippen LogP contribution in [0.5, 0.6) is 5.75 Å². The van der Waals surface area contributed by atoms with Gasteiger partial charge in [0.2, 0.25) is 0 Å². The molecule has 0 radical (unpaired) electrons. The van der Waals surface area contributed by atoms with Crippen LogP contribution in [0.4, 0.5) is 24.2 Å². The van der Waals surface area contributed by atoms with Gasteiger partial charge in [0.05, 0.1) is 0 Å². The smallest absolute Gasteiger partial charge is 0.404 e. The summed E-state index contributed by atoms with van der Waals surface area (Å²) in [7, 11) is -9.65. The molecule has 0 heterocycles. The number of halogens is 5. The molecular formula is C9H10F5NO3S. The lowest BCUT2D eigenvalue weighted by Gasteiger charge is -2.40. The lowest BCUT2D eigenvalue weighted by molar-refractivity contribution is 0.134. The molecule has 0 saturated heterocycles. The summed E-state index contributed by atoms with van der Waals surface area (Å²) >= 11 is 0. The third kappa shape index (κ3) is 5.20. The predicted octanol–water partition coefficient (Wildman–Crippen LogP) is 3.82. The standard InChI is InChI=1S/C9H10F5NO3S/c10-19(11,12,13,14)8-3-1-7(2-4-8)17-5-6-18-9(15)16/h1-4H,5-6H2,(H2,15,16). The normalized spacial score (nSPS) is 15.2. The lowest BCUT2D eigenvalue weighted by atomic mass is 10.3. The Bertz CT molecular complexity index is 472. The Morgan fingerprint density at radius 1 is 1.05 bits per heavy atom. The summed E-state index contributed by atoms with van der Waals surface area (Å²) in [6.07, 6.45) is -1.03. The monoisotopic (exact) mass is 307 g/mol. The molecule has 0 aliphatic heterocycles. The maximum Gasteiger partial charge on any atom is 0.404 e. The van der Waals surface area contributed by atoms with E-state index in [1.807, 2.05) is 0 Å². The van der Waals surface area contributed by atoms with E-state index in [1.54, 1.807) is 0 Å². The highest BCUT2D eigenvalue weighted by molar-refractivity contribution is 8.45. The first-order chi connectivity index (χ1) is 8.38. The van der Waals surface area contributed by atoms with Crippen LogP contribution in [0.1, 0.15) is 0 Å². The molecule has 2 N–H and O–H groups in total. The summed E-state index contributed by atoms with van der Waals surface area (Å²) in [6, 6.07) is 1.95. The molecule has 0 atom stereocenters. The van der Waals surface area contributed by atoms with E-state index in [0.29, 0.717) is 0 Å². The summed E-state index contributed by atoms with van der Waals surface area (Å²) in [4.78, 5) is 8.18. The Labute approximate surface area is 105 Å². The quantitative estimate of drug-likeness (QED) is 0.664. The second kappa shape index (κ2) is 4.15. The minimum absolute atomic E-state index is 0.0707. The van der Waals surface area contributed by atoms with Gasteiger partial charge in [-0.2, -0.15) is 0 Å². The average molecular weight is 307 g/mol. The molecule has 0 aliphatic carbocycles. The topological polar surface area (TPSA) is 61.6 Å². The van der Waals surface area contributed by atoms with Crippen molar-refractivity contribution >= 4 is 16.3 Å². The van der Waals surface area contributed by atoms with Crippen LogP contribution in [0.3, 0.4) is 0 Å². The fourth-order valence-corrected chi connectivity index (χ4v) is 1.75. The Hall–Kier alpha value is -1.71. The number of amides is 1. The molecule has 0 saturated carbocycles. The van der Waals surface area contributed by atoms with Gasteiger partial charge >= 0.3 is 16.3 Å². The molecule has 19 heavy (non-hydrogen) atoms. The maximum absolute atomic E-state index is 12.4. The molecule has 0 unspecified atom stereocenters. The van der Waals surface area contributed by atoms with Crippen LogP contribution in [-0.2, 0) is 4.74 Å². The van der Waals surface area contributed by atoms with E-state index in [9.17, 15) is 24.2 Å². The van der Waals surface area contributed by atoms with Crippen molar-refractivity contribution in [1.29, 1.82) is 0 Å². The second-order valence-corrected chi connectivity index (χ2v) is 5.87. The molecule has 0 aliphatic rings. The molecule has 0 bridgehead atoms. The van der Waals surface area contributed by atoms with Crippen LogP contribution in [0, 0.1) is 0 Å². The summed E-state index contributed by atoms with van der Waals surface area (Å²) < 4.78 is 71.0. The minimum atomic E-state index is -9.65. The van der Waals surface area contributed by atoms with Crippen LogP contribution in [-0.4, -0.2) is 19.3 Å². The zero-order valence-electron chi connectivity index (χ0n) is 9.32. The number of hydrogen-bond donors (Lipinski definition) is 1. The number of hydrogen-bond acceptors (Lipinski definition) is 3. The van der Waals surface area contributed by atoms with Crippen LogP contribution in [0.15, 0.2) is 29.2 Å². The SMILES string of the molecule is NC(=O)OCCOc1ccc(S(F)(F)(F)(F)F)cc1. The van der Waals surface area contributed by atoms with Crippen LogP contribution in [0.2, 0.25) is 0 Å². The Kier molecular flexibility index (Phi) is 3.35. The van der Waals surface area contributed by atoms with E-state index >= 15 is 0 Å². The van der Waals surface area contributed by atoms with Crippen molar-refractivity contribution in [1.82, 2.24) is 0 Å². The largest absolute Gasteiger partial charge is 0.490 e. The van der Waals surface area contributed by atoms with E-state index in [-0.39, 0.29) is 31.1 Å². The van der Waals surface area contributed by atoms with Crippen molar-refractivity contribution in [2.45, 2.75) is 4.90 Å². The Morgan fingerprint density at radius 2 is 1.58 bits per heavy atom. The van der Waals surface area contributed by atoms with Gasteiger partial charge in [-0.3, -0.25) is 0 Å². The fourth-order valence-electron chi connectivity index (χ4n) is 1.09. The molecule has 10 heteroatoms. The zero-order valence-corrected chi connectivity index (χ0v) is 10.1. The molecule has 1 aromatic rings. The number of primary amides is 1. The van der Waals surface area contributed by atoms with Crippen molar-refractivity contribution < 1.29 is 33.7 Å². The van der Waals surface area contributed by atoms with Crippen LogP contribution in [0.25, 0.3) is 0 Å². The summed E-state index contributed by atoms with van der Waals surface area (Å²) in [5.74, 6) is -0.0707. The van der Waals surface area contributed by atoms with Gasteiger partial charge in [-0.25, -0.2) is 4.79 Å². The minimum Gasteiger partial charge on any atom is -0.490 e. The molecule has 1 aromatic carbocycles. The number of carbonyl (C=O) groups is 1. The summed E-state index contributed by atoms with van der Waals surface area (Å²) in [5, 5.41) is 0. The van der Waals surface area contributed by atoms with Crippen molar-refractivity contribution in [3.63, 3.8) is 0 Å². The van der Waals surface area contributed by atoms with Gasteiger partial charge in [0.15, 0.2) is 0 Å². The molecular weight excluding hydrogens is 297 g/mol. The van der Waals surface area contributed by atoms with Gasteiger partial charge in [-0.15, -0.1) is 0 Å². The summed E-state index contributed by atoms with van der Waals surface area (Å²) in [5.41, 5.74) is 4.65. The van der Waals surface area contributed by atoms with E-state index in [4.69, 9.17) is 4.74 Å². The molecule has 0 aromatic heterocycles. The van der Waals surface area contributed by atoms with Crippen molar-refractivity contribution in [3.8, 4) is 5.75 Å². The number of nitrogens with two attached hydrogens (primary N) is 1. The number of rotatable bonds is 5. The fraction of sp³-hybridized carbons (Fsp3) is 0.222. The Morgan fingerprint density at radius 3 is 2.00 bits per heavy atom. The Balaban J connectivity index is 2.66. The first kappa shape index (κ1) is 15.3. The van der Waals surface area contributed by atoms with Crippen molar-refractivity contribution in [2.75, 3.05) is 13.2 Å². The third-order valence-corrected chi connectivity index (χ3v) is 3.03. The average Bonchev–Trinajstić information content (AvgIpc) is 2.21. The first-order valence-electron chi connectivity index (χ1n) is 4.78. The van der Waals surface area contributed by atoms with E-state index in [0.717, 1.165) is 12.1 Å². The van der Waals surface area contributed by atoms with E-state index in [2.05, 4.69) is 10.5 Å². The third-order valence-electron chi connectivity index (χ3n) is 1.87. The molecule has 0 spiro atoms. The van der Waals surface area contributed by atoms with Gasteiger partial charge in [-0.05, 0) is 24.3 Å². The maximum atomic E-state index is 12.4. The van der Waals surface area contributed by atoms with Crippen LogP contribution < -0.4 is 10.5 Å². The van der Waals surface area contributed by atoms with Crippen LogP contribution >= 0.6 is 10.2 Å². The molecule has 0 fully saturated rings. The van der Waals surface area contributed by atoms with Crippen molar-refractivity contribution in [3.05, 3.63) is 24.3 Å². The number of carbonyl (C=O) groups excluding carboxylic acids is 1. The molecule has 1 amide bonds. The first-order valence-corrected chi connectivity index (χ1v) is 6.73. The van der Waals surface area contributed by atoms with Gasteiger partial charge in [0.25, 0.3) is 0 Å². The van der Waals surface area contributed by atoms with Gasteiger partial charge in [-0.1, -0.05) is 19.4 Å².